The second-order valence-corrected chi connectivity index (χ2v) is 5.50. The molecule has 0 spiro atoms. The van der Waals surface area contributed by atoms with E-state index >= 15 is 0 Å². The van der Waals surface area contributed by atoms with Crippen molar-refractivity contribution in [3.8, 4) is 0 Å². The monoisotopic (exact) mass is 292 g/mol. The van der Waals surface area contributed by atoms with Gasteiger partial charge in [0.1, 0.15) is 6.54 Å². The maximum atomic E-state index is 12.2. The molecule has 116 valence electrons. The summed E-state index contributed by atoms with van der Waals surface area (Å²) in [5.41, 5.74) is 2.28. The molecule has 0 radical (unpaired) electrons. The highest BCUT2D eigenvalue weighted by Crippen LogP contribution is 2.07. The minimum atomic E-state index is -0.975. The highest BCUT2D eigenvalue weighted by molar-refractivity contribution is 5.81. The molecule has 0 fully saturated rings. The van der Waals surface area contributed by atoms with Crippen LogP contribution in [0.25, 0.3) is 0 Å². The smallest absolute Gasteiger partial charge is 0.323 e. The Balaban J connectivity index is 2.54. The lowest BCUT2D eigenvalue weighted by atomic mass is 10.1. The zero-order chi connectivity index (χ0) is 15.8. The lowest BCUT2D eigenvalue weighted by molar-refractivity contribution is -0.144. The molecule has 0 aliphatic heterocycles. The van der Waals surface area contributed by atoms with E-state index in [1.165, 1.54) is 10.5 Å². The van der Waals surface area contributed by atoms with Gasteiger partial charge in [-0.3, -0.25) is 9.59 Å². The molecule has 5 heteroatoms. The largest absolute Gasteiger partial charge is 0.480 e. The third-order valence-electron chi connectivity index (χ3n) is 3.24. The predicted molar refractivity (Wildman–Crippen MR) is 82.3 cm³/mol. The Bertz CT molecular complexity index is 469. The van der Waals surface area contributed by atoms with Crippen LogP contribution in [0, 0.1) is 6.92 Å². The van der Waals surface area contributed by atoms with E-state index in [-0.39, 0.29) is 12.5 Å². The van der Waals surface area contributed by atoms with Crippen LogP contribution in [-0.2, 0) is 16.0 Å². The van der Waals surface area contributed by atoms with Gasteiger partial charge in [0, 0.05) is 19.5 Å². The third-order valence-corrected chi connectivity index (χ3v) is 3.24. The summed E-state index contributed by atoms with van der Waals surface area (Å²) in [4.78, 5) is 26.4. The molecule has 1 N–H and O–H groups in total. The van der Waals surface area contributed by atoms with Gasteiger partial charge >= 0.3 is 5.97 Å². The molecule has 0 atom stereocenters. The Kier molecular flexibility index (Phi) is 6.88. The summed E-state index contributed by atoms with van der Waals surface area (Å²) >= 11 is 0. The SMILES string of the molecule is Cc1ccc(CCC(=O)N(CCN(C)C)CC(=O)O)cc1. The summed E-state index contributed by atoms with van der Waals surface area (Å²) in [6.07, 6.45) is 0.973. The first kappa shape index (κ1) is 17.2. The van der Waals surface area contributed by atoms with Gasteiger partial charge < -0.3 is 14.9 Å². The zero-order valence-electron chi connectivity index (χ0n) is 13.0. The first-order valence-electron chi connectivity index (χ1n) is 7.08. The minimum Gasteiger partial charge on any atom is -0.480 e. The molecule has 0 bridgehead atoms. The van der Waals surface area contributed by atoms with Crippen molar-refractivity contribution >= 4 is 11.9 Å². The number of carbonyl (C=O) groups is 2. The second-order valence-electron chi connectivity index (χ2n) is 5.50. The molecule has 1 aromatic rings. The fourth-order valence-electron chi connectivity index (χ4n) is 1.94. The van der Waals surface area contributed by atoms with E-state index in [2.05, 4.69) is 0 Å². The lowest BCUT2D eigenvalue weighted by Gasteiger charge is -2.22. The fourth-order valence-corrected chi connectivity index (χ4v) is 1.94. The minimum absolute atomic E-state index is 0.111. The third kappa shape index (κ3) is 6.90. The molecule has 0 aliphatic carbocycles. The van der Waals surface area contributed by atoms with Crippen LogP contribution in [0.4, 0.5) is 0 Å². The number of carboxylic acid groups (broad SMARTS) is 1. The number of benzene rings is 1. The van der Waals surface area contributed by atoms with Crippen molar-refractivity contribution in [3.05, 3.63) is 35.4 Å². The van der Waals surface area contributed by atoms with Crippen molar-refractivity contribution in [1.82, 2.24) is 9.80 Å². The van der Waals surface area contributed by atoms with Crippen molar-refractivity contribution in [2.45, 2.75) is 19.8 Å². The van der Waals surface area contributed by atoms with Crippen LogP contribution < -0.4 is 0 Å². The van der Waals surface area contributed by atoms with Crippen LogP contribution in [0.5, 0.6) is 0 Å². The number of carbonyl (C=O) groups excluding carboxylic acids is 1. The lowest BCUT2D eigenvalue weighted by Crippen LogP contribution is -2.40. The highest BCUT2D eigenvalue weighted by atomic mass is 16.4. The Morgan fingerprint density at radius 2 is 1.71 bits per heavy atom. The topological polar surface area (TPSA) is 60.9 Å². The number of hydrogen-bond donors (Lipinski definition) is 1. The van der Waals surface area contributed by atoms with Gasteiger partial charge in [0.25, 0.3) is 0 Å². The second kappa shape index (κ2) is 8.42. The summed E-state index contributed by atoms with van der Waals surface area (Å²) in [7, 11) is 3.80. The van der Waals surface area contributed by atoms with Crippen molar-refractivity contribution in [2.75, 3.05) is 33.7 Å². The normalized spacial score (nSPS) is 10.7. The molecular formula is C16H24N2O3. The van der Waals surface area contributed by atoms with Gasteiger partial charge in [-0.15, -0.1) is 0 Å². The number of rotatable bonds is 8. The van der Waals surface area contributed by atoms with E-state index in [1.807, 2.05) is 50.2 Å². The van der Waals surface area contributed by atoms with Crippen LogP contribution in [0.3, 0.4) is 0 Å². The molecule has 0 aliphatic rings. The van der Waals surface area contributed by atoms with Gasteiger partial charge in [0.2, 0.25) is 5.91 Å². The molecular weight excluding hydrogens is 268 g/mol. The number of amides is 1. The summed E-state index contributed by atoms with van der Waals surface area (Å²) in [5.74, 6) is -1.09. The van der Waals surface area contributed by atoms with Crippen LogP contribution in [0.2, 0.25) is 0 Å². The number of carboxylic acids is 1. The number of likely N-dealkylation sites (N-methyl/N-ethyl adjacent to an activating group) is 1. The predicted octanol–water partition coefficient (Wildman–Crippen LogP) is 1.40. The summed E-state index contributed by atoms with van der Waals surface area (Å²) in [6.45, 7) is 2.88. The Morgan fingerprint density at radius 3 is 2.24 bits per heavy atom. The Labute approximate surface area is 126 Å². The van der Waals surface area contributed by atoms with Gasteiger partial charge in [-0.2, -0.15) is 0 Å². The summed E-state index contributed by atoms with van der Waals surface area (Å²) in [5, 5.41) is 8.91. The molecule has 1 amide bonds. The van der Waals surface area contributed by atoms with Crippen LogP contribution in [-0.4, -0.2) is 60.5 Å². The molecule has 0 heterocycles. The first-order valence-corrected chi connectivity index (χ1v) is 7.08. The average molecular weight is 292 g/mol. The molecule has 0 aromatic heterocycles. The van der Waals surface area contributed by atoms with Crippen molar-refractivity contribution in [3.63, 3.8) is 0 Å². The zero-order valence-corrected chi connectivity index (χ0v) is 13.0. The van der Waals surface area contributed by atoms with E-state index in [9.17, 15) is 9.59 Å². The molecule has 1 rings (SSSR count). The highest BCUT2D eigenvalue weighted by Gasteiger charge is 2.16. The van der Waals surface area contributed by atoms with Crippen molar-refractivity contribution < 1.29 is 14.7 Å². The molecule has 21 heavy (non-hydrogen) atoms. The number of aryl methyl sites for hydroxylation is 2. The van der Waals surface area contributed by atoms with E-state index in [0.29, 0.717) is 25.9 Å². The molecule has 1 aromatic carbocycles. The average Bonchev–Trinajstić information content (AvgIpc) is 2.42. The van der Waals surface area contributed by atoms with Gasteiger partial charge in [0.05, 0.1) is 0 Å². The Hall–Kier alpha value is -1.88. The first-order chi connectivity index (χ1) is 9.88. The fraction of sp³-hybridized carbons (Fsp3) is 0.500. The maximum Gasteiger partial charge on any atom is 0.323 e. The number of aliphatic carboxylic acids is 1. The van der Waals surface area contributed by atoms with E-state index in [4.69, 9.17) is 5.11 Å². The van der Waals surface area contributed by atoms with Crippen LogP contribution in [0.15, 0.2) is 24.3 Å². The van der Waals surface area contributed by atoms with Gasteiger partial charge in [-0.25, -0.2) is 0 Å². The molecule has 5 nitrogen and oxygen atoms in total. The van der Waals surface area contributed by atoms with Crippen molar-refractivity contribution in [1.29, 1.82) is 0 Å². The standard InChI is InChI=1S/C16H24N2O3/c1-13-4-6-14(7-5-13)8-9-15(19)18(12-16(20)21)11-10-17(2)3/h4-7H,8-12H2,1-3H3,(H,20,21). The maximum absolute atomic E-state index is 12.2. The van der Waals surface area contributed by atoms with Gasteiger partial charge in [-0.05, 0) is 33.0 Å². The quantitative estimate of drug-likeness (QED) is 0.787. The molecule has 0 saturated carbocycles. The molecule has 0 saturated heterocycles. The van der Waals surface area contributed by atoms with Crippen LogP contribution >= 0.6 is 0 Å². The molecule has 0 unspecified atom stereocenters. The number of nitrogens with zero attached hydrogens (tertiary/aromatic N) is 2. The summed E-state index contributed by atoms with van der Waals surface area (Å²) in [6, 6.07) is 8.04. The van der Waals surface area contributed by atoms with Crippen LogP contribution in [0.1, 0.15) is 17.5 Å². The Morgan fingerprint density at radius 1 is 1.10 bits per heavy atom. The number of hydrogen-bond acceptors (Lipinski definition) is 3. The van der Waals surface area contributed by atoms with E-state index < -0.39 is 5.97 Å². The van der Waals surface area contributed by atoms with Crippen molar-refractivity contribution in [2.24, 2.45) is 0 Å². The summed E-state index contributed by atoms with van der Waals surface area (Å²) < 4.78 is 0. The van der Waals surface area contributed by atoms with E-state index in [1.54, 1.807) is 0 Å². The van der Waals surface area contributed by atoms with E-state index in [0.717, 1.165) is 5.56 Å². The van der Waals surface area contributed by atoms with Gasteiger partial charge in [0.15, 0.2) is 0 Å². The van der Waals surface area contributed by atoms with Gasteiger partial charge in [-0.1, -0.05) is 29.8 Å².